The minimum Gasteiger partial charge on any atom is -0.379 e. The fourth-order valence-corrected chi connectivity index (χ4v) is 4.84. The summed E-state index contributed by atoms with van der Waals surface area (Å²) < 4.78 is 7.60. The van der Waals surface area contributed by atoms with Crippen LogP contribution in [-0.4, -0.2) is 68.8 Å². The third-order valence-corrected chi connectivity index (χ3v) is 6.58. The average molecular weight is 469 g/mol. The Kier molecular flexibility index (Phi) is 6.36. The van der Waals surface area contributed by atoms with Crippen LogP contribution >= 0.6 is 23.8 Å². The first-order valence-electron chi connectivity index (χ1n) is 10.8. The van der Waals surface area contributed by atoms with Gasteiger partial charge in [-0.3, -0.25) is 9.88 Å². The third-order valence-electron chi connectivity index (χ3n) is 6.00. The highest BCUT2D eigenvalue weighted by Crippen LogP contribution is 2.39. The SMILES string of the molecule is S=C1NC(c2ccccn2)C(c2cccn2-c2ccc(Cl)cn2)N1CCN1CCOCC1. The largest absolute Gasteiger partial charge is 0.379 e. The summed E-state index contributed by atoms with van der Waals surface area (Å²) in [5.74, 6) is 0.820. The molecule has 0 aliphatic carbocycles. The first-order valence-corrected chi connectivity index (χ1v) is 11.6. The molecule has 166 valence electrons. The molecule has 0 spiro atoms. The molecule has 0 amide bonds. The van der Waals surface area contributed by atoms with Gasteiger partial charge in [-0.1, -0.05) is 17.7 Å². The maximum absolute atomic E-state index is 6.07. The summed E-state index contributed by atoms with van der Waals surface area (Å²) in [6.07, 6.45) is 5.53. The van der Waals surface area contributed by atoms with Gasteiger partial charge in [0.05, 0.1) is 36.0 Å². The number of morpholine rings is 1. The lowest BCUT2D eigenvalue weighted by Crippen LogP contribution is -2.42. The zero-order valence-corrected chi connectivity index (χ0v) is 19.2. The topological polar surface area (TPSA) is 58.5 Å². The highest BCUT2D eigenvalue weighted by atomic mass is 35.5. The summed E-state index contributed by atoms with van der Waals surface area (Å²) in [7, 11) is 0. The molecule has 0 radical (unpaired) electrons. The fourth-order valence-electron chi connectivity index (χ4n) is 4.40. The quantitative estimate of drug-likeness (QED) is 0.557. The molecule has 2 atom stereocenters. The number of thiocarbonyl (C=S) groups is 1. The Morgan fingerprint density at radius 1 is 1.06 bits per heavy atom. The van der Waals surface area contributed by atoms with Gasteiger partial charge in [0.25, 0.3) is 0 Å². The maximum atomic E-state index is 6.07. The molecule has 2 aliphatic rings. The molecule has 2 saturated heterocycles. The van der Waals surface area contributed by atoms with E-state index in [-0.39, 0.29) is 12.1 Å². The van der Waals surface area contributed by atoms with Gasteiger partial charge in [-0.15, -0.1) is 0 Å². The van der Waals surface area contributed by atoms with Crippen LogP contribution in [0.3, 0.4) is 0 Å². The van der Waals surface area contributed by atoms with E-state index in [0.29, 0.717) is 5.02 Å². The van der Waals surface area contributed by atoms with Gasteiger partial charge in [-0.2, -0.15) is 0 Å². The Labute approximate surface area is 198 Å². The zero-order chi connectivity index (χ0) is 21.9. The van der Waals surface area contributed by atoms with E-state index >= 15 is 0 Å². The van der Waals surface area contributed by atoms with Crippen LogP contribution < -0.4 is 5.32 Å². The predicted molar refractivity (Wildman–Crippen MR) is 128 cm³/mol. The van der Waals surface area contributed by atoms with Crippen molar-refractivity contribution in [2.75, 3.05) is 39.4 Å². The molecule has 5 rings (SSSR count). The molecule has 0 bridgehead atoms. The van der Waals surface area contributed by atoms with Gasteiger partial charge in [0, 0.05) is 50.5 Å². The first kappa shape index (κ1) is 21.3. The second-order valence-corrected chi connectivity index (χ2v) is 8.73. The van der Waals surface area contributed by atoms with Crippen molar-refractivity contribution in [2.24, 2.45) is 0 Å². The highest BCUT2D eigenvalue weighted by molar-refractivity contribution is 7.80. The molecule has 0 saturated carbocycles. The molecule has 2 unspecified atom stereocenters. The van der Waals surface area contributed by atoms with Crippen LogP contribution in [0.4, 0.5) is 0 Å². The van der Waals surface area contributed by atoms with Crippen molar-refractivity contribution < 1.29 is 4.74 Å². The van der Waals surface area contributed by atoms with Crippen molar-refractivity contribution in [3.8, 4) is 5.82 Å². The van der Waals surface area contributed by atoms with Crippen LogP contribution in [0.2, 0.25) is 5.02 Å². The molecule has 9 heteroatoms. The molecular weight excluding hydrogens is 444 g/mol. The zero-order valence-electron chi connectivity index (χ0n) is 17.6. The summed E-state index contributed by atoms with van der Waals surface area (Å²) in [6, 6.07) is 13.9. The molecule has 2 fully saturated rings. The normalized spacial score (nSPS) is 21.7. The van der Waals surface area contributed by atoms with Gasteiger partial charge in [-0.25, -0.2) is 4.98 Å². The predicted octanol–water partition coefficient (Wildman–Crippen LogP) is 3.23. The van der Waals surface area contributed by atoms with E-state index in [1.807, 2.05) is 48.8 Å². The lowest BCUT2D eigenvalue weighted by Gasteiger charge is -2.32. The van der Waals surface area contributed by atoms with Crippen LogP contribution in [0, 0.1) is 0 Å². The highest BCUT2D eigenvalue weighted by Gasteiger charge is 2.41. The Morgan fingerprint density at radius 3 is 2.69 bits per heavy atom. The van der Waals surface area contributed by atoms with Crippen molar-refractivity contribution >= 4 is 28.9 Å². The summed E-state index contributed by atoms with van der Waals surface area (Å²) >= 11 is 11.9. The number of rotatable bonds is 6. The average Bonchev–Trinajstić information content (AvgIpc) is 3.43. The first-order chi connectivity index (χ1) is 15.7. The van der Waals surface area contributed by atoms with Crippen LogP contribution in [0.25, 0.3) is 5.82 Å². The van der Waals surface area contributed by atoms with E-state index in [0.717, 1.165) is 61.7 Å². The van der Waals surface area contributed by atoms with E-state index < -0.39 is 0 Å². The number of nitrogens with zero attached hydrogens (tertiary/aromatic N) is 5. The van der Waals surface area contributed by atoms with E-state index in [1.54, 1.807) is 6.20 Å². The lowest BCUT2D eigenvalue weighted by molar-refractivity contribution is 0.0349. The van der Waals surface area contributed by atoms with Crippen molar-refractivity contribution in [1.29, 1.82) is 0 Å². The van der Waals surface area contributed by atoms with Crippen molar-refractivity contribution in [3.63, 3.8) is 0 Å². The minimum atomic E-state index is -0.0608. The molecule has 32 heavy (non-hydrogen) atoms. The summed E-state index contributed by atoms with van der Waals surface area (Å²) in [6.45, 7) is 5.22. The lowest BCUT2D eigenvalue weighted by atomic mass is 10.0. The van der Waals surface area contributed by atoms with Crippen molar-refractivity contribution in [2.45, 2.75) is 12.1 Å². The summed E-state index contributed by atoms with van der Waals surface area (Å²) in [5.41, 5.74) is 2.07. The fraction of sp³-hybridized carbons (Fsp3) is 0.348. The number of nitrogens with one attached hydrogen (secondary N) is 1. The van der Waals surface area contributed by atoms with Crippen LogP contribution in [-0.2, 0) is 4.74 Å². The van der Waals surface area contributed by atoms with Crippen LogP contribution in [0.15, 0.2) is 61.1 Å². The standard InChI is InChI=1S/C23H25ClN6OS/c24-17-6-7-20(26-16-17)29-9-3-5-19(29)22-21(18-4-1-2-8-25-18)27-23(32)30(22)11-10-28-12-14-31-15-13-28/h1-9,16,21-22H,10-15H2,(H,27,32). The van der Waals surface area contributed by atoms with Crippen molar-refractivity contribution in [3.05, 3.63) is 77.5 Å². The van der Waals surface area contributed by atoms with Crippen LogP contribution in [0.5, 0.6) is 0 Å². The number of halogens is 1. The molecule has 1 N–H and O–H groups in total. The number of hydrogen-bond donors (Lipinski definition) is 1. The smallest absolute Gasteiger partial charge is 0.170 e. The third kappa shape index (κ3) is 4.36. The number of ether oxygens (including phenoxy) is 1. The van der Waals surface area contributed by atoms with Crippen LogP contribution in [0.1, 0.15) is 23.5 Å². The van der Waals surface area contributed by atoms with Gasteiger partial charge in [0.2, 0.25) is 0 Å². The Bertz CT molecular complexity index is 1050. The second-order valence-electron chi connectivity index (χ2n) is 7.91. The van der Waals surface area contributed by atoms with Gasteiger partial charge in [-0.05, 0) is 48.6 Å². The molecule has 2 aliphatic heterocycles. The molecule has 0 aromatic carbocycles. The van der Waals surface area contributed by atoms with E-state index in [9.17, 15) is 0 Å². The number of hydrogen-bond acceptors (Lipinski definition) is 5. The van der Waals surface area contributed by atoms with E-state index in [2.05, 4.69) is 35.7 Å². The Hall–Kier alpha value is -2.52. The van der Waals surface area contributed by atoms with Crippen molar-refractivity contribution in [1.82, 2.24) is 29.7 Å². The monoisotopic (exact) mass is 468 g/mol. The Morgan fingerprint density at radius 2 is 1.94 bits per heavy atom. The number of aromatic nitrogens is 3. The molecule has 3 aromatic heterocycles. The minimum absolute atomic E-state index is 0.0223. The molecule has 3 aromatic rings. The van der Waals surface area contributed by atoms with Gasteiger partial charge >= 0.3 is 0 Å². The molecule has 5 heterocycles. The second kappa shape index (κ2) is 9.54. The van der Waals surface area contributed by atoms with E-state index in [4.69, 9.17) is 28.6 Å². The summed E-state index contributed by atoms with van der Waals surface area (Å²) in [4.78, 5) is 13.9. The van der Waals surface area contributed by atoms with Gasteiger partial charge in [0.15, 0.2) is 5.11 Å². The molecular formula is C23H25ClN6OS. The van der Waals surface area contributed by atoms with E-state index in [1.165, 1.54) is 0 Å². The maximum Gasteiger partial charge on any atom is 0.170 e. The Balaban J connectivity index is 1.49. The van der Waals surface area contributed by atoms with Gasteiger partial charge in [0.1, 0.15) is 5.82 Å². The number of pyridine rings is 2. The van der Waals surface area contributed by atoms with Gasteiger partial charge < -0.3 is 19.5 Å². The molecule has 7 nitrogen and oxygen atoms in total. The summed E-state index contributed by atoms with van der Waals surface area (Å²) in [5, 5.41) is 4.89.